The molecule has 1 amide bonds. The molecule has 0 saturated heterocycles. The number of carboxylic acids is 1. The van der Waals surface area contributed by atoms with E-state index in [1.54, 1.807) is 60.7 Å². The molecule has 12 heteroatoms. The normalized spacial score (nSPS) is 10.5. The Morgan fingerprint density at radius 1 is 0.462 bits per heavy atom. The molecule has 2 aromatic heterocycles. The Labute approximate surface area is 318 Å². The van der Waals surface area contributed by atoms with Crippen LogP contribution >= 0.6 is 46.4 Å². The van der Waals surface area contributed by atoms with Crippen LogP contribution in [0.1, 0.15) is 21.0 Å². The maximum absolute atomic E-state index is 12.7. The van der Waals surface area contributed by atoms with Crippen molar-refractivity contribution in [3.05, 3.63) is 171 Å². The summed E-state index contributed by atoms with van der Waals surface area (Å²) in [5.41, 5.74) is 6.27. The van der Waals surface area contributed by atoms with Gasteiger partial charge in [0.1, 0.15) is 5.69 Å². The third-order valence-electron chi connectivity index (χ3n) is 7.50. The Bertz CT molecular complexity index is 2340. The maximum Gasteiger partial charge on any atom is 0.356 e. The zero-order valence-electron chi connectivity index (χ0n) is 26.8. The third-order valence-corrected chi connectivity index (χ3v) is 8.51. The lowest BCUT2D eigenvalue weighted by atomic mass is 10.0. The molecule has 0 aliphatic carbocycles. The Hall–Kier alpha value is -5.64. The lowest BCUT2D eigenvalue weighted by Gasteiger charge is -2.11. The Morgan fingerprint density at radius 2 is 0.808 bits per heavy atom. The van der Waals surface area contributed by atoms with E-state index in [1.807, 2.05) is 66.7 Å². The first-order valence-corrected chi connectivity index (χ1v) is 17.0. The van der Waals surface area contributed by atoms with Gasteiger partial charge in [-0.3, -0.25) is 14.8 Å². The number of carbonyl (C=O) groups is 2. The van der Waals surface area contributed by atoms with Crippen molar-refractivity contribution in [3.63, 3.8) is 0 Å². The average molecular weight is 765 g/mol. The number of hydrogen-bond acceptors (Lipinski definition) is 6. The van der Waals surface area contributed by atoms with Crippen LogP contribution in [0.3, 0.4) is 0 Å². The summed E-state index contributed by atoms with van der Waals surface area (Å²) in [6, 6.07) is 37.9. The summed E-state index contributed by atoms with van der Waals surface area (Å²) < 4.78 is 0. The van der Waals surface area contributed by atoms with E-state index < -0.39 is 5.97 Å². The number of rotatable bonds is 7. The van der Waals surface area contributed by atoms with Gasteiger partial charge in [0.05, 0.1) is 35.2 Å². The standard InChI is InChI=1S/C23H15Cl2N3O.C17H10Cl2N2O2/c24-17-10-6-15(7-11-17)21-22(16-8-12-18(25)13-9-16)28-20(14-26-21)23(29)27-19-4-2-1-3-5-19;18-12-5-1-10(2-6-12)15-16(11-3-7-13(19)8-4-11)21-14(9-20-15)17(22)23/h1-14H,(H,27,29);1-9H,(H,22,23). The zero-order valence-corrected chi connectivity index (χ0v) is 29.9. The average Bonchev–Trinajstić information content (AvgIpc) is 3.16. The summed E-state index contributed by atoms with van der Waals surface area (Å²) in [6.45, 7) is 0. The Balaban J connectivity index is 0.000000183. The van der Waals surface area contributed by atoms with Gasteiger partial charge in [-0.25, -0.2) is 14.8 Å². The fourth-order valence-corrected chi connectivity index (χ4v) is 5.47. The summed E-state index contributed by atoms with van der Waals surface area (Å²) in [4.78, 5) is 41.6. The molecule has 0 aliphatic heterocycles. The van der Waals surface area contributed by atoms with Gasteiger partial charge in [-0.05, 0) is 60.7 Å². The van der Waals surface area contributed by atoms with Crippen LogP contribution in [-0.4, -0.2) is 36.9 Å². The summed E-state index contributed by atoms with van der Waals surface area (Å²) in [5.74, 6) is -1.46. The number of anilines is 1. The number of aromatic carboxylic acids is 1. The molecule has 7 aromatic rings. The molecular weight excluding hydrogens is 740 g/mol. The highest BCUT2D eigenvalue weighted by molar-refractivity contribution is 6.31. The molecule has 5 aromatic carbocycles. The second kappa shape index (κ2) is 16.6. The number of carbonyl (C=O) groups excluding carboxylic acids is 1. The number of aromatic nitrogens is 4. The van der Waals surface area contributed by atoms with Gasteiger partial charge in [-0.15, -0.1) is 0 Å². The van der Waals surface area contributed by atoms with Gasteiger partial charge in [0, 0.05) is 48.0 Å². The minimum absolute atomic E-state index is 0.118. The van der Waals surface area contributed by atoms with E-state index in [0.29, 0.717) is 48.6 Å². The first kappa shape index (κ1) is 36.2. The zero-order chi connectivity index (χ0) is 36.6. The lowest BCUT2D eigenvalue weighted by Crippen LogP contribution is -2.15. The second-order valence-electron chi connectivity index (χ2n) is 11.1. The van der Waals surface area contributed by atoms with Crippen LogP contribution in [-0.2, 0) is 0 Å². The monoisotopic (exact) mass is 763 g/mol. The molecule has 256 valence electrons. The van der Waals surface area contributed by atoms with E-state index >= 15 is 0 Å². The molecule has 0 aliphatic rings. The predicted octanol–water partition coefficient (Wildman–Crippen LogP) is 11.2. The molecule has 0 atom stereocenters. The Morgan fingerprint density at radius 3 is 1.19 bits per heavy atom. The topological polar surface area (TPSA) is 118 Å². The van der Waals surface area contributed by atoms with Crippen LogP contribution in [0, 0.1) is 0 Å². The lowest BCUT2D eigenvalue weighted by molar-refractivity contribution is 0.0690. The van der Waals surface area contributed by atoms with E-state index in [0.717, 1.165) is 22.3 Å². The van der Waals surface area contributed by atoms with Crippen LogP contribution in [0.2, 0.25) is 20.1 Å². The minimum atomic E-state index is -1.13. The maximum atomic E-state index is 12.7. The smallest absolute Gasteiger partial charge is 0.356 e. The van der Waals surface area contributed by atoms with Crippen molar-refractivity contribution in [2.75, 3.05) is 5.32 Å². The number of nitrogens with zero attached hydrogens (tertiary/aromatic N) is 4. The van der Waals surface area contributed by atoms with Gasteiger partial charge in [0.15, 0.2) is 5.69 Å². The highest BCUT2D eigenvalue weighted by Crippen LogP contribution is 2.32. The molecular formula is C40H25Cl4N5O3. The van der Waals surface area contributed by atoms with Crippen molar-refractivity contribution < 1.29 is 14.7 Å². The van der Waals surface area contributed by atoms with E-state index in [9.17, 15) is 9.59 Å². The van der Waals surface area contributed by atoms with Crippen LogP contribution in [0.25, 0.3) is 45.0 Å². The first-order valence-electron chi connectivity index (χ1n) is 15.5. The van der Waals surface area contributed by atoms with Gasteiger partial charge < -0.3 is 10.4 Å². The van der Waals surface area contributed by atoms with Crippen LogP contribution in [0.15, 0.2) is 140 Å². The van der Waals surface area contributed by atoms with Crippen molar-refractivity contribution in [3.8, 4) is 45.0 Å². The number of hydrogen-bond donors (Lipinski definition) is 2. The summed E-state index contributed by atoms with van der Waals surface area (Å²) in [7, 11) is 0. The largest absolute Gasteiger partial charge is 0.476 e. The molecule has 0 saturated carbocycles. The van der Waals surface area contributed by atoms with Crippen LogP contribution < -0.4 is 5.32 Å². The fourth-order valence-electron chi connectivity index (χ4n) is 4.96. The molecule has 2 N–H and O–H groups in total. The van der Waals surface area contributed by atoms with Crippen molar-refractivity contribution in [2.24, 2.45) is 0 Å². The predicted molar refractivity (Wildman–Crippen MR) is 207 cm³/mol. The summed E-state index contributed by atoms with van der Waals surface area (Å²) >= 11 is 23.9. The number of benzene rings is 5. The molecule has 0 unspecified atom stereocenters. The number of para-hydroxylation sites is 1. The van der Waals surface area contributed by atoms with Crippen molar-refractivity contribution in [2.45, 2.75) is 0 Å². The summed E-state index contributed by atoms with van der Waals surface area (Å²) in [6.07, 6.45) is 2.72. The molecule has 2 heterocycles. The van der Waals surface area contributed by atoms with E-state index in [-0.39, 0.29) is 17.3 Å². The Kier molecular flexibility index (Phi) is 11.5. The molecule has 52 heavy (non-hydrogen) atoms. The molecule has 0 bridgehead atoms. The molecule has 0 radical (unpaired) electrons. The number of amides is 1. The summed E-state index contributed by atoms with van der Waals surface area (Å²) in [5, 5.41) is 14.4. The highest BCUT2D eigenvalue weighted by Gasteiger charge is 2.17. The molecule has 8 nitrogen and oxygen atoms in total. The van der Waals surface area contributed by atoms with E-state index in [4.69, 9.17) is 51.5 Å². The first-order chi connectivity index (χ1) is 25.1. The van der Waals surface area contributed by atoms with Crippen molar-refractivity contribution in [1.82, 2.24) is 19.9 Å². The second-order valence-corrected chi connectivity index (χ2v) is 12.8. The van der Waals surface area contributed by atoms with Gasteiger partial charge in [-0.2, -0.15) is 0 Å². The van der Waals surface area contributed by atoms with Gasteiger partial charge >= 0.3 is 5.97 Å². The quantitative estimate of drug-likeness (QED) is 0.166. The fraction of sp³-hybridized carbons (Fsp3) is 0. The van der Waals surface area contributed by atoms with E-state index in [1.165, 1.54) is 12.4 Å². The van der Waals surface area contributed by atoms with Crippen LogP contribution in [0.5, 0.6) is 0 Å². The minimum Gasteiger partial charge on any atom is -0.476 e. The van der Waals surface area contributed by atoms with Gasteiger partial charge in [-0.1, -0.05) is 113 Å². The van der Waals surface area contributed by atoms with Crippen molar-refractivity contribution >= 4 is 64.0 Å². The number of carboxylic acid groups (broad SMARTS) is 1. The molecule has 7 rings (SSSR count). The van der Waals surface area contributed by atoms with Crippen LogP contribution in [0.4, 0.5) is 5.69 Å². The number of halogens is 4. The van der Waals surface area contributed by atoms with Gasteiger partial charge in [0.2, 0.25) is 0 Å². The number of nitrogens with one attached hydrogen (secondary N) is 1. The molecule has 0 spiro atoms. The molecule has 0 fully saturated rings. The van der Waals surface area contributed by atoms with Crippen molar-refractivity contribution in [1.29, 1.82) is 0 Å². The van der Waals surface area contributed by atoms with Gasteiger partial charge in [0.25, 0.3) is 5.91 Å². The third kappa shape index (κ3) is 8.98. The highest BCUT2D eigenvalue weighted by atomic mass is 35.5. The van der Waals surface area contributed by atoms with E-state index in [2.05, 4.69) is 25.3 Å². The SMILES string of the molecule is O=C(Nc1ccccc1)c1cnc(-c2ccc(Cl)cc2)c(-c2ccc(Cl)cc2)n1.O=C(O)c1cnc(-c2ccc(Cl)cc2)c(-c2ccc(Cl)cc2)n1.